The number of imide groups is 1. The largest absolute Gasteiger partial charge is 0.494 e. The molecule has 4 rings (SSSR count). The number of nitrogens with zero attached hydrogens (tertiary/aromatic N) is 3. The summed E-state index contributed by atoms with van der Waals surface area (Å²) in [5, 5.41) is 10.6. The van der Waals surface area contributed by atoms with Crippen molar-refractivity contribution in [2.24, 2.45) is 5.92 Å². The molecule has 1 saturated carbocycles. The van der Waals surface area contributed by atoms with Crippen LogP contribution in [-0.4, -0.2) is 51.5 Å². The van der Waals surface area contributed by atoms with E-state index in [1.165, 1.54) is 51.3 Å². The molecule has 4 N–H and O–H groups in total. The van der Waals surface area contributed by atoms with E-state index in [0.29, 0.717) is 17.6 Å². The molecule has 2 aromatic rings. The van der Waals surface area contributed by atoms with Crippen LogP contribution >= 0.6 is 11.8 Å². The molecule has 0 radical (unpaired) electrons. The molecule has 12 heteroatoms. The summed E-state index contributed by atoms with van der Waals surface area (Å²) in [7, 11) is 1.40. The van der Waals surface area contributed by atoms with Gasteiger partial charge in [-0.15, -0.1) is 0 Å². The number of hydrogen-bond donors (Lipinski definition) is 4. The highest BCUT2D eigenvalue weighted by Crippen LogP contribution is 2.25. The minimum absolute atomic E-state index is 0.135. The summed E-state index contributed by atoms with van der Waals surface area (Å²) in [6.07, 6.45) is 6.07. The summed E-state index contributed by atoms with van der Waals surface area (Å²) in [6, 6.07) is 4.45. The molecule has 1 unspecified atom stereocenters. The molecule has 0 spiro atoms. The molecule has 2 amide bonds. The third kappa shape index (κ3) is 6.21. The number of aromatic nitrogens is 3. The van der Waals surface area contributed by atoms with Gasteiger partial charge in [0.1, 0.15) is 5.25 Å². The van der Waals surface area contributed by atoms with Gasteiger partial charge in [-0.3, -0.25) is 14.9 Å². The topological polar surface area (TPSA) is 130 Å². The second-order valence-electron chi connectivity index (χ2n) is 7.93. The highest BCUT2D eigenvalue weighted by Gasteiger charge is 2.31. The Morgan fingerprint density at radius 2 is 1.76 bits per heavy atom. The van der Waals surface area contributed by atoms with Crippen molar-refractivity contribution in [3.05, 3.63) is 24.0 Å². The van der Waals surface area contributed by atoms with E-state index >= 15 is 0 Å². The van der Waals surface area contributed by atoms with E-state index < -0.39 is 11.1 Å². The van der Waals surface area contributed by atoms with Crippen molar-refractivity contribution in [3.63, 3.8) is 0 Å². The van der Waals surface area contributed by atoms with Crippen molar-refractivity contribution in [1.82, 2.24) is 20.3 Å². The first-order valence-electron chi connectivity index (χ1n) is 10.9. The van der Waals surface area contributed by atoms with Crippen molar-refractivity contribution in [3.8, 4) is 5.75 Å². The number of carbonyl (C=O) groups is 2. The number of nitrogens with one attached hydrogen (secondary N) is 4. The van der Waals surface area contributed by atoms with Crippen LogP contribution in [0.4, 0.5) is 32.7 Å². The number of amides is 2. The molecule has 2 heterocycles. The first-order chi connectivity index (χ1) is 16.0. The van der Waals surface area contributed by atoms with Crippen LogP contribution in [0.3, 0.4) is 0 Å². The summed E-state index contributed by atoms with van der Waals surface area (Å²) in [5.74, 6) is 0.644. The fourth-order valence-corrected chi connectivity index (χ4v) is 4.55. The number of hydrogen-bond acceptors (Lipinski definition) is 10. The van der Waals surface area contributed by atoms with Crippen LogP contribution in [0, 0.1) is 11.7 Å². The number of carbonyl (C=O) groups excluding carboxylic acids is 2. The van der Waals surface area contributed by atoms with Gasteiger partial charge in [-0.05, 0) is 42.7 Å². The van der Waals surface area contributed by atoms with E-state index in [1.807, 2.05) is 0 Å². The third-order valence-electron chi connectivity index (χ3n) is 5.53. The van der Waals surface area contributed by atoms with E-state index in [0.717, 1.165) is 18.3 Å². The van der Waals surface area contributed by atoms with Gasteiger partial charge in [-0.25, -0.2) is 4.39 Å². The second-order valence-corrected chi connectivity index (χ2v) is 9.11. The number of halogens is 1. The van der Waals surface area contributed by atoms with E-state index in [9.17, 15) is 14.0 Å². The van der Waals surface area contributed by atoms with Gasteiger partial charge in [-0.2, -0.15) is 15.0 Å². The van der Waals surface area contributed by atoms with Gasteiger partial charge in [0.2, 0.25) is 23.8 Å². The predicted octanol–water partition coefficient (Wildman–Crippen LogP) is 3.52. The Morgan fingerprint density at radius 3 is 2.39 bits per heavy atom. The summed E-state index contributed by atoms with van der Waals surface area (Å²) >= 11 is 0.920. The summed E-state index contributed by atoms with van der Waals surface area (Å²) in [6.45, 7) is 0.917. The molecular weight excluding hydrogens is 449 g/mol. The first kappa shape index (κ1) is 23.0. The molecule has 10 nitrogen and oxygen atoms in total. The predicted molar refractivity (Wildman–Crippen MR) is 125 cm³/mol. The summed E-state index contributed by atoms with van der Waals surface area (Å²) < 4.78 is 19.0. The van der Waals surface area contributed by atoms with Crippen LogP contribution in [0.2, 0.25) is 0 Å². The molecule has 2 aliphatic rings. The molecular formula is C21H26FN7O3S. The number of methoxy groups -OCH3 is 1. The maximum absolute atomic E-state index is 14.1. The number of thioether (sulfide) groups is 1. The van der Waals surface area contributed by atoms with Gasteiger partial charge in [0.25, 0.3) is 5.24 Å². The van der Waals surface area contributed by atoms with Gasteiger partial charge >= 0.3 is 0 Å². The van der Waals surface area contributed by atoms with Crippen LogP contribution in [0.15, 0.2) is 18.2 Å². The van der Waals surface area contributed by atoms with Crippen LogP contribution in [0.5, 0.6) is 5.75 Å². The van der Waals surface area contributed by atoms with E-state index in [1.54, 1.807) is 6.07 Å². The second kappa shape index (κ2) is 10.6. The van der Waals surface area contributed by atoms with Crippen molar-refractivity contribution in [2.75, 3.05) is 36.1 Å². The number of benzene rings is 1. The highest BCUT2D eigenvalue weighted by molar-refractivity contribution is 8.15. The Hall–Kier alpha value is -3.15. The van der Waals surface area contributed by atoms with Crippen molar-refractivity contribution in [2.45, 2.75) is 37.4 Å². The normalized spacial score (nSPS) is 18.7. The maximum atomic E-state index is 14.1. The Labute approximate surface area is 194 Å². The average Bonchev–Trinajstić information content (AvgIpc) is 3.14. The van der Waals surface area contributed by atoms with Crippen LogP contribution in [0.1, 0.15) is 32.1 Å². The molecule has 1 aliphatic heterocycles. The van der Waals surface area contributed by atoms with Crippen molar-refractivity contribution in [1.29, 1.82) is 0 Å². The van der Waals surface area contributed by atoms with Gasteiger partial charge in [0.15, 0.2) is 11.6 Å². The molecule has 176 valence electrons. The Bertz CT molecular complexity index is 1020. The lowest BCUT2D eigenvalue weighted by Gasteiger charge is -2.22. The lowest BCUT2D eigenvalue weighted by atomic mass is 9.89. The zero-order chi connectivity index (χ0) is 23.2. The molecule has 0 bridgehead atoms. The minimum Gasteiger partial charge on any atom is -0.494 e. The Morgan fingerprint density at radius 1 is 1.06 bits per heavy atom. The molecule has 1 saturated heterocycles. The number of anilines is 4. The quantitative estimate of drug-likeness (QED) is 0.427. The van der Waals surface area contributed by atoms with Crippen molar-refractivity contribution >= 4 is 46.4 Å². The fraction of sp³-hybridized carbons (Fsp3) is 0.476. The maximum Gasteiger partial charge on any atom is 0.286 e. The lowest BCUT2D eigenvalue weighted by molar-refractivity contribution is -0.118. The highest BCUT2D eigenvalue weighted by atomic mass is 32.2. The number of ether oxygens (including phenoxy) is 1. The van der Waals surface area contributed by atoms with E-state index in [4.69, 9.17) is 4.74 Å². The average molecular weight is 476 g/mol. The molecule has 1 aromatic carbocycles. The first-order valence-corrected chi connectivity index (χ1v) is 11.7. The van der Waals surface area contributed by atoms with E-state index in [2.05, 4.69) is 36.2 Å². The molecule has 1 atom stereocenters. The third-order valence-corrected chi connectivity index (χ3v) is 6.51. The van der Waals surface area contributed by atoms with Gasteiger partial charge in [0, 0.05) is 24.8 Å². The summed E-state index contributed by atoms with van der Waals surface area (Å²) in [4.78, 5) is 36.4. The molecule has 1 aliphatic carbocycles. The minimum atomic E-state index is -0.569. The Balaban J connectivity index is 1.49. The molecule has 2 fully saturated rings. The SMILES string of the molecule is COc1ccc(Nc2nc(NCC3CCCCC3)nc(NCC3SC(=O)NC3=O)n2)cc1F. The van der Waals surface area contributed by atoms with Crippen LogP contribution in [0.25, 0.3) is 0 Å². The number of rotatable bonds is 9. The molecule has 33 heavy (non-hydrogen) atoms. The van der Waals surface area contributed by atoms with Crippen LogP contribution < -0.4 is 26.0 Å². The van der Waals surface area contributed by atoms with E-state index in [-0.39, 0.29) is 35.3 Å². The van der Waals surface area contributed by atoms with Crippen molar-refractivity contribution < 1.29 is 18.7 Å². The smallest absolute Gasteiger partial charge is 0.286 e. The zero-order valence-corrected chi connectivity index (χ0v) is 19.0. The van der Waals surface area contributed by atoms with Gasteiger partial charge in [0.05, 0.1) is 7.11 Å². The lowest BCUT2D eigenvalue weighted by Crippen LogP contribution is -2.29. The molecule has 1 aromatic heterocycles. The standard InChI is InChI=1S/C21H26FN7O3S/c1-32-15-8-7-13(9-14(15)22)25-20-28-18(23-10-12-5-3-2-4-6-12)27-19(29-20)24-11-16-17(30)26-21(31)33-16/h7-9,12,16H,2-6,10-11H2,1H3,(H,26,30,31)(H3,23,24,25,27,28,29). The Kier molecular flexibility index (Phi) is 7.43. The van der Waals surface area contributed by atoms with Crippen LogP contribution in [-0.2, 0) is 4.79 Å². The zero-order valence-electron chi connectivity index (χ0n) is 18.2. The monoisotopic (exact) mass is 475 g/mol. The van der Waals surface area contributed by atoms with Gasteiger partial charge in [-0.1, -0.05) is 19.3 Å². The summed E-state index contributed by atoms with van der Waals surface area (Å²) in [5.41, 5.74) is 0.444. The fourth-order valence-electron chi connectivity index (χ4n) is 3.80. The van der Waals surface area contributed by atoms with Gasteiger partial charge < -0.3 is 20.7 Å².